The molecule has 0 aromatic heterocycles. The summed E-state index contributed by atoms with van der Waals surface area (Å²) in [5.41, 5.74) is 4.33. The lowest BCUT2D eigenvalue weighted by molar-refractivity contribution is -0.136. The minimum Gasteiger partial charge on any atom is -0.399 e. The summed E-state index contributed by atoms with van der Waals surface area (Å²) in [6.07, 6.45) is -4.59. The van der Waals surface area contributed by atoms with Crippen molar-refractivity contribution in [3.05, 3.63) is 51.2 Å². The summed E-state index contributed by atoms with van der Waals surface area (Å²) in [7, 11) is 0. The van der Waals surface area contributed by atoms with Crippen molar-refractivity contribution in [2.24, 2.45) is 0 Å². The molecule has 2 aromatic rings. The molecule has 0 aliphatic heterocycles. The van der Waals surface area contributed by atoms with E-state index in [1.54, 1.807) is 0 Å². The summed E-state index contributed by atoms with van der Waals surface area (Å²) in [5, 5.41) is 2.50. The normalized spacial score (nSPS) is 11.5. The van der Waals surface area contributed by atoms with Gasteiger partial charge in [0.15, 0.2) is 0 Å². The zero-order valence-electron chi connectivity index (χ0n) is 10.2. The molecule has 112 valence electrons. The van der Waals surface area contributed by atoms with Crippen LogP contribution in [0.15, 0.2) is 34.8 Å². The first-order valence-electron chi connectivity index (χ1n) is 5.57. The summed E-state index contributed by atoms with van der Waals surface area (Å²) >= 11 is 8.90. The van der Waals surface area contributed by atoms with Crippen molar-refractivity contribution in [2.75, 3.05) is 11.1 Å². The van der Waals surface area contributed by atoms with E-state index < -0.39 is 17.6 Å². The number of hydrogen-bond acceptors (Lipinski definition) is 2. The van der Waals surface area contributed by atoms with Gasteiger partial charge in [-0.1, -0.05) is 11.6 Å². The van der Waals surface area contributed by atoms with Crippen LogP contribution in [0.5, 0.6) is 0 Å². The molecule has 0 bridgehead atoms. The summed E-state index contributed by atoms with van der Waals surface area (Å²) in [5.74, 6) is -0.606. The van der Waals surface area contributed by atoms with Gasteiger partial charge in [0.2, 0.25) is 0 Å². The maximum Gasteiger partial charge on any atom is 0.418 e. The van der Waals surface area contributed by atoms with E-state index in [0.717, 1.165) is 18.2 Å². The van der Waals surface area contributed by atoms with Crippen molar-refractivity contribution in [2.45, 2.75) is 6.18 Å². The summed E-state index contributed by atoms with van der Waals surface area (Å²) < 4.78 is 52.3. The van der Waals surface area contributed by atoms with Gasteiger partial charge in [0.05, 0.1) is 22.0 Å². The first kappa shape index (κ1) is 15.9. The highest BCUT2D eigenvalue weighted by Gasteiger charge is 2.34. The van der Waals surface area contributed by atoms with E-state index in [-0.39, 0.29) is 26.6 Å². The van der Waals surface area contributed by atoms with Crippen LogP contribution >= 0.6 is 27.5 Å². The van der Waals surface area contributed by atoms with Gasteiger partial charge in [-0.05, 0) is 46.3 Å². The van der Waals surface area contributed by atoms with Crippen LogP contribution in [-0.4, -0.2) is 0 Å². The van der Waals surface area contributed by atoms with Gasteiger partial charge in [0.25, 0.3) is 0 Å². The van der Waals surface area contributed by atoms with Crippen molar-refractivity contribution in [3.8, 4) is 0 Å². The first-order valence-corrected chi connectivity index (χ1v) is 6.74. The molecule has 0 saturated heterocycles. The summed E-state index contributed by atoms with van der Waals surface area (Å²) in [6, 6.07) is 5.42. The quantitative estimate of drug-likeness (QED) is 0.524. The Morgan fingerprint density at radius 3 is 2.38 bits per heavy atom. The minimum atomic E-state index is -4.59. The Hall–Kier alpha value is -1.47. The second-order valence-electron chi connectivity index (χ2n) is 4.17. The van der Waals surface area contributed by atoms with Gasteiger partial charge in [0, 0.05) is 10.2 Å². The van der Waals surface area contributed by atoms with E-state index in [9.17, 15) is 17.6 Å². The monoisotopic (exact) mass is 382 g/mol. The molecule has 2 nitrogen and oxygen atoms in total. The van der Waals surface area contributed by atoms with Gasteiger partial charge >= 0.3 is 6.18 Å². The molecule has 3 N–H and O–H groups in total. The second-order valence-corrected chi connectivity index (χ2v) is 5.43. The third kappa shape index (κ3) is 3.59. The van der Waals surface area contributed by atoms with E-state index in [1.807, 2.05) is 0 Å². The van der Waals surface area contributed by atoms with Crippen molar-refractivity contribution in [1.29, 1.82) is 0 Å². The molecular formula is C13H8BrClF4N2. The number of nitrogens with one attached hydrogen (secondary N) is 1. The fourth-order valence-corrected chi connectivity index (χ4v) is 2.60. The van der Waals surface area contributed by atoms with E-state index in [4.69, 9.17) is 17.3 Å². The Morgan fingerprint density at radius 1 is 1.14 bits per heavy atom. The van der Waals surface area contributed by atoms with Gasteiger partial charge in [-0.2, -0.15) is 13.2 Å². The standard InChI is InChI=1S/C13H8BrClF4N2/c14-9-3-6(16)4-10(15)12(9)21-11-2-1-7(20)5-8(11)13(17,18)19/h1-5,21H,20H2. The number of rotatable bonds is 2. The van der Waals surface area contributed by atoms with Gasteiger partial charge in [0.1, 0.15) is 5.82 Å². The smallest absolute Gasteiger partial charge is 0.399 e. The molecule has 8 heteroatoms. The average molecular weight is 384 g/mol. The van der Waals surface area contributed by atoms with Gasteiger partial charge in [-0.25, -0.2) is 4.39 Å². The number of halogens is 6. The third-order valence-corrected chi connectivity index (χ3v) is 3.54. The number of nitrogen functional groups attached to an aromatic ring is 1. The molecule has 0 aliphatic rings. The highest BCUT2D eigenvalue weighted by molar-refractivity contribution is 9.10. The number of alkyl halides is 3. The van der Waals surface area contributed by atoms with Crippen LogP contribution in [0.4, 0.5) is 34.6 Å². The molecule has 21 heavy (non-hydrogen) atoms. The lowest BCUT2D eigenvalue weighted by Crippen LogP contribution is -2.10. The largest absolute Gasteiger partial charge is 0.418 e. The van der Waals surface area contributed by atoms with Crippen LogP contribution in [0.2, 0.25) is 5.02 Å². The Balaban J connectivity index is 2.50. The van der Waals surface area contributed by atoms with Crippen LogP contribution in [0, 0.1) is 5.82 Å². The predicted octanol–water partition coefficient (Wildman–Crippen LogP) is 5.59. The summed E-state index contributed by atoms with van der Waals surface area (Å²) in [6.45, 7) is 0. The van der Waals surface area contributed by atoms with Crippen molar-refractivity contribution in [1.82, 2.24) is 0 Å². The van der Waals surface area contributed by atoms with Crippen LogP contribution < -0.4 is 11.1 Å². The molecule has 2 aromatic carbocycles. The molecule has 0 saturated carbocycles. The Labute approximate surface area is 131 Å². The highest BCUT2D eigenvalue weighted by atomic mass is 79.9. The van der Waals surface area contributed by atoms with E-state index in [0.29, 0.717) is 0 Å². The van der Waals surface area contributed by atoms with Crippen LogP contribution in [0.3, 0.4) is 0 Å². The molecule has 2 rings (SSSR count). The van der Waals surface area contributed by atoms with Crippen molar-refractivity contribution in [3.63, 3.8) is 0 Å². The fraction of sp³-hybridized carbons (Fsp3) is 0.0769. The molecule has 0 atom stereocenters. The van der Waals surface area contributed by atoms with Crippen molar-refractivity contribution < 1.29 is 17.6 Å². The van der Waals surface area contributed by atoms with Gasteiger partial charge < -0.3 is 11.1 Å². The fourth-order valence-electron chi connectivity index (χ4n) is 1.70. The number of benzene rings is 2. The lowest BCUT2D eigenvalue weighted by atomic mass is 10.1. The van der Waals surface area contributed by atoms with Crippen molar-refractivity contribution >= 4 is 44.6 Å². The molecule has 0 fully saturated rings. The van der Waals surface area contributed by atoms with Gasteiger partial charge in [-0.3, -0.25) is 0 Å². The maximum atomic E-state index is 13.1. The Bertz CT molecular complexity index is 665. The van der Waals surface area contributed by atoms with Crippen LogP contribution in [0.25, 0.3) is 0 Å². The number of nitrogens with two attached hydrogens (primary N) is 1. The SMILES string of the molecule is Nc1ccc(Nc2c(Cl)cc(F)cc2Br)c(C(F)(F)F)c1. The average Bonchev–Trinajstić information content (AvgIpc) is 2.34. The molecule has 0 amide bonds. The van der Waals surface area contributed by atoms with Gasteiger partial charge in [-0.15, -0.1) is 0 Å². The molecule has 0 unspecified atom stereocenters. The van der Waals surface area contributed by atoms with Crippen LogP contribution in [-0.2, 0) is 6.18 Å². The van der Waals surface area contributed by atoms with E-state index >= 15 is 0 Å². The van der Waals surface area contributed by atoms with E-state index in [2.05, 4.69) is 21.2 Å². The molecule has 0 spiro atoms. The zero-order chi connectivity index (χ0) is 15.8. The topological polar surface area (TPSA) is 38.0 Å². The first-order chi connectivity index (χ1) is 9.68. The zero-order valence-corrected chi connectivity index (χ0v) is 12.6. The lowest BCUT2D eigenvalue weighted by Gasteiger charge is -2.17. The molecule has 0 radical (unpaired) electrons. The Morgan fingerprint density at radius 2 is 1.81 bits per heavy atom. The third-order valence-electron chi connectivity index (χ3n) is 2.62. The maximum absolute atomic E-state index is 13.1. The molecular weight excluding hydrogens is 376 g/mol. The van der Waals surface area contributed by atoms with Crippen LogP contribution in [0.1, 0.15) is 5.56 Å². The minimum absolute atomic E-state index is 0.0165. The Kier molecular flexibility index (Phi) is 4.34. The summed E-state index contributed by atoms with van der Waals surface area (Å²) in [4.78, 5) is 0. The van der Waals surface area contributed by atoms with E-state index in [1.165, 1.54) is 12.1 Å². The number of hydrogen-bond donors (Lipinski definition) is 2. The number of anilines is 3. The molecule has 0 aliphatic carbocycles. The predicted molar refractivity (Wildman–Crippen MR) is 78.2 cm³/mol. The highest BCUT2D eigenvalue weighted by Crippen LogP contribution is 2.40. The molecule has 0 heterocycles. The second kappa shape index (κ2) is 5.73.